The summed E-state index contributed by atoms with van der Waals surface area (Å²) in [5.74, 6) is -1.03. The van der Waals surface area contributed by atoms with E-state index in [1.54, 1.807) is 17.0 Å². The summed E-state index contributed by atoms with van der Waals surface area (Å²) in [4.78, 5) is 29.8. The van der Waals surface area contributed by atoms with Gasteiger partial charge in [-0.05, 0) is 36.8 Å². The molecule has 1 saturated heterocycles. The lowest BCUT2D eigenvalue weighted by Gasteiger charge is -2.37. The van der Waals surface area contributed by atoms with E-state index in [0.717, 1.165) is 18.8 Å². The van der Waals surface area contributed by atoms with Crippen LogP contribution in [0.2, 0.25) is 0 Å². The van der Waals surface area contributed by atoms with Crippen molar-refractivity contribution in [2.24, 2.45) is 0 Å². The predicted octanol–water partition coefficient (Wildman–Crippen LogP) is 2.84. The van der Waals surface area contributed by atoms with Crippen LogP contribution in [0.5, 0.6) is 0 Å². The quantitative estimate of drug-likeness (QED) is 0.832. The van der Waals surface area contributed by atoms with E-state index in [9.17, 15) is 14.0 Å². The molecule has 2 aromatic rings. The summed E-state index contributed by atoms with van der Waals surface area (Å²) < 4.78 is 14.0. The molecule has 0 radical (unpaired) electrons. The average Bonchev–Trinajstić information content (AvgIpc) is 2.66. The first-order valence-electron chi connectivity index (χ1n) is 9.08. The third-order valence-corrected chi connectivity index (χ3v) is 4.82. The number of anilines is 2. The third-order valence-electron chi connectivity index (χ3n) is 4.82. The van der Waals surface area contributed by atoms with Crippen LogP contribution in [0.4, 0.5) is 15.8 Å². The lowest BCUT2D eigenvalue weighted by Crippen LogP contribution is -2.52. The van der Waals surface area contributed by atoms with E-state index in [0.29, 0.717) is 13.1 Å². The number of halogens is 1. The molecule has 0 unspecified atom stereocenters. The molecule has 1 heterocycles. The van der Waals surface area contributed by atoms with Crippen LogP contribution in [0.15, 0.2) is 48.5 Å². The second-order valence-corrected chi connectivity index (χ2v) is 6.76. The number of rotatable bonds is 4. The van der Waals surface area contributed by atoms with Crippen molar-refractivity contribution in [2.75, 3.05) is 42.5 Å². The van der Waals surface area contributed by atoms with Gasteiger partial charge in [0.05, 0.1) is 5.69 Å². The first-order chi connectivity index (χ1) is 13.0. The number of benzene rings is 2. The van der Waals surface area contributed by atoms with Crippen LogP contribution in [-0.2, 0) is 9.59 Å². The van der Waals surface area contributed by atoms with Crippen molar-refractivity contribution < 1.29 is 14.0 Å². The Hall–Kier alpha value is -2.89. The molecule has 0 bridgehead atoms. The van der Waals surface area contributed by atoms with Crippen LogP contribution in [0.1, 0.15) is 12.5 Å². The summed E-state index contributed by atoms with van der Waals surface area (Å²) >= 11 is 0. The predicted molar refractivity (Wildman–Crippen MR) is 104 cm³/mol. The number of aryl methyl sites for hydroxylation is 1. The van der Waals surface area contributed by atoms with E-state index in [2.05, 4.69) is 30.0 Å². The SMILES string of the molecule is CC(=O)N(CC(=O)N1CCN(c2cccc(C)c2)CC1)c1ccccc1F. The Bertz CT molecular complexity index is 832. The number of amides is 2. The zero-order chi connectivity index (χ0) is 19.4. The fourth-order valence-corrected chi connectivity index (χ4v) is 3.31. The van der Waals surface area contributed by atoms with Crippen molar-refractivity contribution in [3.8, 4) is 0 Å². The first-order valence-corrected chi connectivity index (χ1v) is 9.08. The monoisotopic (exact) mass is 369 g/mol. The Kier molecular flexibility index (Phi) is 5.74. The molecule has 0 saturated carbocycles. The summed E-state index contributed by atoms with van der Waals surface area (Å²) in [6.07, 6.45) is 0. The van der Waals surface area contributed by atoms with Crippen LogP contribution >= 0.6 is 0 Å². The molecule has 1 fully saturated rings. The van der Waals surface area contributed by atoms with Gasteiger partial charge in [-0.2, -0.15) is 0 Å². The molecular weight excluding hydrogens is 345 g/mol. The Morgan fingerprint density at radius 3 is 2.37 bits per heavy atom. The van der Waals surface area contributed by atoms with Crippen LogP contribution in [0.25, 0.3) is 0 Å². The first kappa shape index (κ1) is 18.9. The second-order valence-electron chi connectivity index (χ2n) is 6.76. The van der Waals surface area contributed by atoms with Gasteiger partial charge >= 0.3 is 0 Å². The van der Waals surface area contributed by atoms with Gasteiger partial charge in [-0.3, -0.25) is 9.59 Å². The Morgan fingerprint density at radius 2 is 1.74 bits per heavy atom. The molecule has 1 aliphatic heterocycles. The highest BCUT2D eigenvalue weighted by molar-refractivity contribution is 5.97. The van der Waals surface area contributed by atoms with E-state index >= 15 is 0 Å². The molecule has 2 amide bonds. The van der Waals surface area contributed by atoms with E-state index in [1.807, 2.05) is 6.07 Å². The molecule has 0 atom stereocenters. The minimum atomic E-state index is -0.509. The number of carbonyl (C=O) groups is 2. The molecule has 0 aliphatic carbocycles. The molecule has 3 rings (SSSR count). The fourth-order valence-electron chi connectivity index (χ4n) is 3.31. The number of carbonyl (C=O) groups excluding carboxylic acids is 2. The summed E-state index contributed by atoms with van der Waals surface area (Å²) in [6.45, 7) is 5.87. The van der Waals surface area contributed by atoms with Crippen LogP contribution < -0.4 is 9.80 Å². The maximum Gasteiger partial charge on any atom is 0.242 e. The summed E-state index contributed by atoms with van der Waals surface area (Å²) in [7, 11) is 0. The van der Waals surface area contributed by atoms with Gasteiger partial charge < -0.3 is 14.7 Å². The number of para-hydroxylation sites is 1. The van der Waals surface area contributed by atoms with Crippen molar-refractivity contribution in [3.63, 3.8) is 0 Å². The number of nitrogens with zero attached hydrogens (tertiary/aromatic N) is 3. The maximum absolute atomic E-state index is 14.0. The number of piperazine rings is 1. The van der Waals surface area contributed by atoms with Crippen LogP contribution in [0.3, 0.4) is 0 Å². The maximum atomic E-state index is 14.0. The van der Waals surface area contributed by atoms with Crippen molar-refractivity contribution in [3.05, 3.63) is 59.9 Å². The van der Waals surface area contributed by atoms with Gasteiger partial charge in [-0.1, -0.05) is 24.3 Å². The molecule has 0 aromatic heterocycles. The highest BCUT2D eigenvalue weighted by atomic mass is 19.1. The molecule has 27 heavy (non-hydrogen) atoms. The normalized spacial score (nSPS) is 14.2. The van der Waals surface area contributed by atoms with E-state index < -0.39 is 5.82 Å². The van der Waals surface area contributed by atoms with E-state index in [4.69, 9.17) is 0 Å². The molecular formula is C21H24FN3O2. The minimum Gasteiger partial charge on any atom is -0.368 e. The summed E-state index contributed by atoms with van der Waals surface area (Å²) in [5.41, 5.74) is 2.49. The lowest BCUT2D eigenvalue weighted by atomic mass is 10.2. The number of hydrogen-bond donors (Lipinski definition) is 0. The molecule has 142 valence electrons. The largest absolute Gasteiger partial charge is 0.368 e. The lowest BCUT2D eigenvalue weighted by molar-refractivity contribution is -0.131. The second kappa shape index (κ2) is 8.20. The van der Waals surface area contributed by atoms with E-state index in [1.165, 1.54) is 29.5 Å². The highest BCUT2D eigenvalue weighted by Crippen LogP contribution is 2.20. The van der Waals surface area contributed by atoms with Crippen molar-refractivity contribution >= 4 is 23.2 Å². The molecule has 0 N–H and O–H groups in total. The zero-order valence-corrected chi connectivity index (χ0v) is 15.7. The van der Waals surface area contributed by atoms with Crippen molar-refractivity contribution in [1.82, 2.24) is 4.90 Å². The van der Waals surface area contributed by atoms with Gasteiger partial charge in [0.25, 0.3) is 0 Å². The van der Waals surface area contributed by atoms with Crippen LogP contribution in [-0.4, -0.2) is 49.4 Å². The minimum absolute atomic E-state index is 0.136. The van der Waals surface area contributed by atoms with Gasteiger partial charge in [0.1, 0.15) is 12.4 Å². The number of hydrogen-bond acceptors (Lipinski definition) is 3. The Labute approximate surface area is 159 Å². The van der Waals surface area contributed by atoms with Gasteiger partial charge in [0.2, 0.25) is 11.8 Å². The highest BCUT2D eigenvalue weighted by Gasteiger charge is 2.25. The van der Waals surface area contributed by atoms with Gasteiger partial charge in [-0.15, -0.1) is 0 Å². The van der Waals surface area contributed by atoms with Gasteiger partial charge in [-0.25, -0.2) is 4.39 Å². The van der Waals surface area contributed by atoms with Crippen molar-refractivity contribution in [2.45, 2.75) is 13.8 Å². The third kappa shape index (κ3) is 4.45. The summed E-state index contributed by atoms with van der Waals surface area (Å²) in [6, 6.07) is 14.3. The smallest absolute Gasteiger partial charge is 0.242 e. The molecule has 5 nitrogen and oxygen atoms in total. The Balaban J connectivity index is 1.63. The molecule has 6 heteroatoms. The zero-order valence-electron chi connectivity index (χ0n) is 15.7. The molecule has 2 aromatic carbocycles. The Morgan fingerprint density at radius 1 is 1.04 bits per heavy atom. The van der Waals surface area contributed by atoms with E-state index in [-0.39, 0.29) is 24.0 Å². The fraction of sp³-hybridized carbons (Fsp3) is 0.333. The summed E-state index contributed by atoms with van der Waals surface area (Å²) in [5, 5.41) is 0. The van der Waals surface area contributed by atoms with Crippen LogP contribution in [0, 0.1) is 12.7 Å². The van der Waals surface area contributed by atoms with Gasteiger partial charge in [0.15, 0.2) is 0 Å². The topological polar surface area (TPSA) is 43.9 Å². The van der Waals surface area contributed by atoms with Crippen molar-refractivity contribution in [1.29, 1.82) is 0 Å². The molecule has 0 spiro atoms. The average molecular weight is 369 g/mol. The standard InChI is InChI=1S/C21H24FN3O2/c1-16-6-5-7-18(14-16)23-10-12-24(13-11-23)21(27)15-25(17(2)26)20-9-4-3-8-19(20)22/h3-9,14H,10-13,15H2,1-2H3. The molecule has 1 aliphatic rings. The van der Waals surface area contributed by atoms with Gasteiger partial charge in [0, 0.05) is 38.8 Å².